The Morgan fingerprint density at radius 1 is 1.05 bits per heavy atom. The first-order valence-electron chi connectivity index (χ1n) is 13.1. The lowest BCUT2D eigenvalue weighted by Crippen LogP contribution is -2.35. The maximum atomic E-state index is 11.4. The van der Waals surface area contributed by atoms with Gasteiger partial charge in [0.2, 0.25) is 0 Å². The van der Waals surface area contributed by atoms with Crippen LogP contribution in [0.1, 0.15) is 68.4 Å². The molecule has 4 atom stereocenters. The van der Waals surface area contributed by atoms with E-state index in [9.17, 15) is 9.90 Å². The van der Waals surface area contributed by atoms with Crippen LogP contribution in [0.25, 0.3) is 0 Å². The van der Waals surface area contributed by atoms with E-state index in [-0.39, 0.29) is 29.5 Å². The van der Waals surface area contributed by atoms with E-state index in [0.29, 0.717) is 5.75 Å². The number of carboxylic acids is 1. The van der Waals surface area contributed by atoms with Gasteiger partial charge in [0.1, 0.15) is 11.5 Å². The van der Waals surface area contributed by atoms with Crippen LogP contribution in [0, 0.1) is 5.92 Å². The fraction of sp³-hybridized carbons (Fsp3) is 0.364. The van der Waals surface area contributed by atoms with Crippen LogP contribution in [0.4, 0.5) is 0 Å². The molecule has 0 saturated carbocycles. The molecule has 3 aromatic carbocycles. The molecule has 1 heterocycles. The highest BCUT2D eigenvalue weighted by molar-refractivity contribution is 5.68. The Balaban J connectivity index is 1.76. The van der Waals surface area contributed by atoms with E-state index in [4.69, 9.17) is 14.2 Å². The number of methoxy groups -OCH3 is 1. The van der Waals surface area contributed by atoms with Crippen molar-refractivity contribution in [2.75, 3.05) is 13.7 Å². The maximum Gasteiger partial charge on any atom is 0.341 e. The van der Waals surface area contributed by atoms with Gasteiger partial charge in [-0.2, -0.15) is 0 Å². The van der Waals surface area contributed by atoms with Gasteiger partial charge in [0.05, 0.1) is 19.3 Å². The molecule has 1 aliphatic rings. The Labute approximate surface area is 226 Å². The summed E-state index contributed by atoms with van der Waals surface area (Å²) < 4.78 is 18.0. The molecule has 5 nitrogen and oxygen atoms in total. The Kier molecular flexibility index (Phi) is 8.27. The van der Waals surface area contributed by atoms with Crippen molar-refractivity contribution < 1.29 is 24.1 Å². The largest absolute Gasteiger partial charge is 0.497 e. The van der Waals surface area contributed by atoms with Crippen LogP contribution in [0.2, 0.25) is 0 Å². The summed E-state index contributed by atoms with van der Waals surface area (Å²) in [4.78, 5) is 11.4. The van der Waals surface area contributed by atoms with Gasteiger partial charge in [0.25, 0.3) is 0 Å². The van der Waals surface area contributed by atoms with Gasteiger partial charge in [-0.3, -0.25) is 0 Å². The average molecular weight is 515 g/mol. The monoisotopic (exact) mass is 514 g/mol. The number of hydrogen-bond donors (Lipinski definition) is 1. The summed E-state index contributed by atoms with van der Waals surface area (Å²) in [6.07, 6.45) is 0.444. The number of rotatable bonds is 9. The van der Waals surface area contributed by atoms with Gasteiger partial charge in [0.15, 0.2) is 6.61 Å². The van der Waals surface area contributed by atoms with Crippen molar-refractivity contribution in [2.45, 2.75) is 57.7 Å². The van der Waals surface area contributed by atoms with Crippen LogP contribution in [-0.2, 0) is 14.9 Å². The van der Waals surface area contributed by atoms with Crippen LogP contribution in [0.15, 0.2) is 84.9 Å². The quantitative estimate of drug-likeness (QED) is 0.303. The van der Waals surface area contributed by atoms with E-state index in [2.05, 4.69) is 57.7 Å². The minimum atomic E-state index is -1.02. The molecule has 5 heteroatoms. The van der Waals surface area contributed by atoms with Crippen molar-refractivity contribution in [3.8, 4) is 11.5 Å². The highest BCUT2D eigenvalue weighted by Crippen LogP contribution is 2.49. The Bertz CT molecular complexity index is 1280. The van der Waals surface area contributed by atoms with E-state index < -0.39 is 12.6 Å². The predicted octanol–water partition coefficient (Wildman–Crippen LogP) is 7.31. The summed E-state index contributed by atoms with van der Waals surface area (Å²) >= 11 is 0. The van der Waals surface area contributed by atoms with Gasteiger partial charge in [0, 0.05) is 22.8 Å². The number of carboxylic acid groups (broad SMARTS) is 1. The van der Waals surface area contributed by atoms with E-state index in [1.165, 1.54) is 11.1 Å². The molecule has 0 bridgehead atoms. The van der Waals surface area contributed by atoms with Gasteiger partial charge in [-0.1, -0.05) is 74.5 Å². The molecule has 1 fully saturated rings. The Morgan fingerprint density at radius 2 is 1.79 bits per heavy atom. The van der Waals surface area contributed by atoms with Crippen LogP contribution in [-0.4, -0.2) is 30.9 Å². The highest BCUT2D eigenvalue weighted by Gasteiger charge is 2.40. The number of hydrogen-bond acceptors (Lipinski definition) is 4. The summed E-state index contributed by atoms with van der Waals surface area (Å²) in [5, 5.41) is 9.31. The first-order valence-corrected chi connectivity index (χ1v) is 13.1. The van der Waals surface area contributed by atoms with Crippen molar-refractivity contribution in [1.29, 1.82) is 0 Å². The van der Waals surface area contributed by atoms with Gasteiger partial charge in [-0.15, -0.1) is 0 Å². The molecule has 1 N–H and O–H groups in total. The topological polar surface area (TPSA) is 65.0 Å². The van der Waals surface area contributed by atoms with Crippen molar-refractivity contribution in [2.24, 2.45) is 5.92 Å². The van der Waals surface area contributed by atoms with Crippen molar-refractivity contribution >= 4 is 5.97 Å². The molecule has 0 aliphatic carbocycles. The molecular weight excluding hydrogens is 476 g/mol. The molecule has 1 saturated heterocycles. The number of carbonyl (C=O) groups is 1. The third-order valence-corrected chi connectivity index (χ3v) is 7.84. The van der Waals surface area contributed by atoms with Crippen molar-refractivity contribution in [3.63, 3.8) is 0 Å². The predicted molar refractivity (Wildman–Crippen MR) is 150 cm³/mol. The average Bonchev–Trinajstić information content (AvgIpc) is 2.92. The lowest BCUT2D eigenvalue weighted by Gasteiger charge is -2.42. The maximum absolute atomic E-state index is 11.4. The minimum absolute atomic E-state index is 0.0182. The minimum Gasteiger partial charge on any atom is -0.497 e. The number of ether oxygens (including phenoxy) is 3. The second-order valence-corrected chi connectivity index (χ2v) is 10.8. The summed E-state index contributed by atoms with van der Waals surface area (Å²) in [6.45, 7) is 12.4. The molecule has 0 aromatic heterocycles. The van der Waals surface area contributed by atoms with Crippen LogP contribution < -0.4 is 9.47 Å². The summed E-state index contributed by atoms with van der Waals surface area (Å²) in [5.41, 5.74) is 5.07. The van der Waals surface area contributed by atoms with Gasteiger partial charge in [-0.05, 0) is 61.2 Å². The number of benzene rings is 3. The zero-order chi connectivity index (χ0) is 27.4. The summed E-state index contributed by atoms with van der Waals surface area (Å²) in [5.74, 6) is 0.518. The first-order chi connectivity index (χ1) is 18.1. The third-order valence-electron chi connectivity index (χ3n) is 7.84. The molecule has 0 radical (unpaired) electrons. The SMILES string of the molecule is C=C(C)[C@H]1C[C@H](c2cccc(OC)c2)[C@H](C)O[C@@H]1c1cc(C(C)(C)c2ccccc2)ccc1OCC(=O)O. The molecular formula is C33H38O5. The van der Waals surface area contributed by atoms with Gasteiger partial charge < -0.3 is 19.3 Å². The van der Waals surface area contributed by atoms with E-state index in [0.717, 1.165) is 28.9 Å². The van der Waals surface area contributed by atoms with Crippen molar-refractivity contribution in [1.82, 2.24) is 0 Å². The highest BCUT2D eigenvalue weighted by atomic mass is 16.5. The van der Waals surface area contributed by atoms with E-state index in [1.54, 1.807) is 7.11 Å². The standard InChI is InChI=1S/C33H38O5/c1-21(2)27-19-28(23-11-10-14-26(17-23)36-6)22(3)38-32(27)29-18-25(15-16-30(29)37-20-31(34)35)33(4,5)24-12-8-7-9-13-24/h7-18,22,27-28,32H,1,19-20H2,2-6H3,(H,34,35)/t22-,27+,28-,32-/m0/s1. The van der Waals surface area contributed by atoms with Crippen molar-refractivity contribution in [3.05, 3.63) is 107 Å². The molecule has 38 heavy (non-hydrogen) atoms. The Hall–Kier alpha value is -3.57. The normalized spacial score (nSPS) is 21.5. The molecule has 3 aromatic rings. The molecule has 1 aliphatic heterocycles. The Morgan fingerprint density at radius 3 is 2.45 bits per heavy atom. The zero-order valence-corrected chi connectivity index (χ0v) is 22.9. The lowest BCUT2D eigenvalue weighted by molar-refractivity contribution is -0.139. The van der Waals surface area contributed by atoms with Gasteiger partial charge in [-0.25, -0.2) is 4.79 Å². The molecule has 0 amide bonds. The molecule has 200 valence electrons. The smallest absolute Gasteiger partial charge is 0.341 e. The molecule has 0 spiro atoms. The fourth-order valence-electron chi connectivity index (χ4n) is 5.49. The fourth-order valence-corrected chi connectivity index (χ4v) is 5.49. The van der Waals surface area contributed by atoms with Crippen LogP contribution in [0.5, 0.6) is 11.5 Å². The van der Waals surface area contributed by atoms with E-state index >= 15 is 0 Å². The van der Waals surface area contributed by atoms with E-state index in [1.807, 2.05) is 49.4 Å². The second-order valence-electron chi connectivity index (χ2n) is 10.8. The first kappa shape index (κ1) is 27.5. The number of aliphatic carboxylic acids is 1. The van der Waals surface area contributed by atoms with Crippen LogP contribution in [0.3, 0.4) is 0 Å². The second kappa shape index (κ2) is 11.4. The lowest BCUT2D eigenvalue weighted by atomic mass is 9.74. The summed E-state index contributed by atoms with van der Waals surface area (Å²) in [7, 11) is 1.68. The van der Waals surface area contributed by atoms with Gasteiger partial charge >= 0.3 is 5.97 Å². The molecule has 4 rings (SSSR count). The molecule has 0 unspecified atom stereocenters. The van der Waals surface area contributed by atoms with Crippen LogP contribution >= 0.6 is 0 Å². The third kappa shape index (κ3) is 5.78. The summed E-state index contributed by atoms with van der Waals surface area (Å²) in [6, 6.07) is 24.5. The zero-order valence-electron chi connectivity index (χ0n) is 22.9.